The molecule has 13 heavy (non-hydrogen) atoms. The Morgan fingerprint density at radius 1 is 1.38 bits per heavy atom. The number of hydrogen-bond acceptors (Lipinski definition) is 2. The zero-order valence-electron chi connectivity index (χ0n) is 8.52. The predicted octanol–water partition coefficient (Wildman–Crippen LogP) is 3.24. The van der Waals surface area contributed by atoms with Crippen LogP contribution < -0.4 is 5.32 Å². The predicted molar refractivity (Wildman–Crippen MR) is 55.0 cm³/mol. The number of halogens is 1. The van der Waals surface area contributed by atoms with Crippen LogP contribution in [0.4, 0.5) is 0 Å². The molecule has 0 spiro atoms. The van der Waals surface area contributed by atoms with Gasteiger partial charge in [-0.25, -0.2) is 0 Å². The summed E-state index contributed by atoms with van der Waals surface area (Å²) in [7, 11) is 1.92. The Hall–Kier alpha value is -0.470. The molecule has 0 saturated carbocycles. The van der Waals surface area contributed by atoms with Crippen molar-refractivity contribution in [2.75, 3.05) is 7.05 Å². The van der Waals surface area contributed by atoms with Crippen LogP contribution in [-0.4, -0.2) is 7.05 Å². The fourth-order valence-electron chi connectivity index (χ4n) is 1.49. The smallest absolute Gasteiger partial charge is 0.193 e. The van der Waals surface area contributed by atoms with Crippen molar-refractivity contribution in [2.45, 2.75) is 26.8 Å². The first kappa shape index (κ1) is 10.6. The monoisotopic (exact) mass is 201 g/mol. The molecule has 1 aromatic heterocycles. The van der Waals surface area contributed by atoms with E-state index in [0.29, 0.717) is 5.22 Å². The Labute approximate surface area is 84.3 Å². The minimum absolute atomic E-state index is 0.121. The van der Waals surface area contributed by atoms with Gasteiger partial charge in [0.15, 0.2) is 5.22 Å². The molecule has 0 aliphatic carbocycles. The third-order valence-corrected chi connectivity index (χ3v) is 2.24. The molecule has 1 unspecified atom stereocenters. The van der Waals surface area contributed by atoms with Crippen LogP contribution in [0.5, 0.6) is 0 Å². The maximum Gasteiger partial charge on any atom is 0.193 e. The Bertz CT molecular complexity index is 275. The van der Waals surface area contributed by atoms with Crippen molar-refractivity contribution >= 4 is 11.6 Å². The first-order chi connectivity index (χ1) is 5.95. The van der Waals surface area contributed by atoms with E-state index >= 15 is 0 Å². The summed E-state index contributed by atoms with van der Waals surface area (Å²) >= 11 is 5.72. The highest BCUT2D eigenvalue weighted by molar-refractivity contribution is 6.28. The molecule has 1 aromatic rings. The van der Waals surface area contributed by atoms with Crippen molar-refractivity contribution in [1.29, 1.82) is 0 Å². The van der Waals surface area contributed by atoms with E-state index in [1.807, 2.05) is 13.1 Å². The van der Waals surface area contributed by atoms with Gasteiger partial charge in [-0.2, -0.15) is 0 Å². The molecule has 0 radical (unpaired) electrons. The van der Waals surface area contributed by atoms with Crippen LogP contribution in [0, 0.1) is 5.41 Å². The van der Waals surface area contributed by atoms with Gasteiger partial charge in [0.05, 0.1) is 6.04 Å². The van der Waals surface area contributed by atoms with Gasteiger partial charge in [0.25, 0.3) is 0 Å². The van der Waals surface area contributed by atoms with Crippen LogP contribution in [0.2, 0.25) is 5.22 Å². The van der Waals surface area contributed by atoms with Crippen LogP contribution in [0.15, 0.2) is 16.5 Å². The highest BCUT2D eigenvalue weighted by Gasteiger charge is 2.27. The minimum Gasteiger partial charge on any atom is -0.448 e. The first-order valence-electron chi connectivity index (χ1n) is 4.37. The standard InChI is InChI=1S/C10H16ClNO/c1-10(2,3)9(12-4)7-5-6-8(11)13-7/h5-6,9,12H,1-4H3. The van der Waals surface area contributed by atoms with Crippen LogP contribution in [0.3, 0.4) is 0 Å². The Morgan fingerprint density at radius 3 is 2.31 bits per heavy atom. The Morgan fingerprint density at radius 2 is 2.00 bits per heavy atom. The van der Waals surface area contributed by atoms with E-state index in [1.54, 1.807) is 6.07 Å². The third kappa shape index (κ3) is 2.48. The van der Waals surface area contributed by atoms with Gasteiger partial charge in [-0.05, 0) is 36.2 Å². The molecule has 1 heterocycles. The fraction of sp³-hybridized carbons (Fsp3) is 0.600. The lowest BCUT2D eigenvalue weighted by Gasteiger charge is -2.28. The van der Waals surface area contributed by atoms with E-state index in [2.05, 4.69) is 26.1 Å². The van der Waals surface area contributed by atoms with Crippen molar-refractivity contribution in [3.8, 4) is 0 Å². The molecule has 1 N–H and O–H groups in total. The van der Waals surface area contributed by atoms with Gasteiger partial charge in [0, 0.05) is 0 Å². The fourth-order valence-corrected chi connectivity index (χ4v) is 1.64. The molecular weight excluding hydrogens is 186 g/mol. The van der Waals surface area contributed by atoms with Gasteiger partial charge in [-0.15, -0.1) is 0 Å². The second kappa shape index (κ2) is 3.72. The molecule has 0 aliphatic heterocycles. The zero-order chi connectivity index (χ0) is 10.1. The third-order valence-electron chi connectivity index (χ3n) is 2.03. The molecule has 74 valence electrons. The van der Waals surface area contributed by atoms with Crippen molar-refractivity contribution in [3.63, 3.8) is 0 Å². The van der Waals surface area contributed by atoms with Crippen molar-refractivity contribution in [3.05, 3.63) is 23.1 Å². The summed E-state index contributed by atoms with van der Waals surface area (Å²) in [5.41, 5.74) is 0.121. The summed E-state index contributed by atoms with van der Waals surface area (Å²) in [6.45, 7) is 6.47. The van der Waals surface area contributed by atoms with Gasteiger partial charge in [0.2, 0.25) is 0 Å². The van der Waals surface area contributed by atoms with Crippen molar-refractivity contribution < 1.29 is 4.42 Å². The number of hydrogen-bond donors (Lipinski definition) is 1. The van der Waals surface area contributed by atoms with Crippen LogP contribution in [0.25, 0.3) is 0 Å². The van der Waals surface area contributed by atoms with Crippen molar-refractivity contribution in [2.24, 2.45) is 5.41 Å². The lowest BCUT2D eigenvalue weighted by atomic mass is 9.85. The molecule has 0 saturated heterocycles. The summed E-state index contributed by atoms with van der Waals surface area (Å²) in [4.78, 5) is 0. The maximum absolute atomic E-state index is 5.72. The SMILES string of the molecule is CNC(c1ccc(Cl)o1)C(C)(C)C. The molecule has 0 bridgehead atoms. The van der Waals surface area contributed by atoms with Gasteiger partial charge in [0.1, 0.15) is 5.76 Å². The van der Waals surface area contributed by atoms with Gasteiger partial charge >= 0.3 is 0 Å². The van der Waals surface area contributed by atoms with E-state index in [-0.39, 0.29) is 11.5 Å². The number of rotatable bonds is 2. The summed E-state index contributed by atoms with van der Waals surface area (Å²) in [6, 6.07) is 3.88. The topological polar surface area (TPSA) is 25.2 Å². The highest BCUT2D eigenvalue weighted by atomic mass is 35.5. The molecule has 1 rings (SSSR count). The van der Waals surface area contributed by atoms with Crippen molar-refractivity contribution in [1.82, 2.24) is 5.32 Å². The second-order valence-electron chi connectivity index (χ2n) is 4.23. The average Bonchev–Trinajstić information content (AvgIpc) is 2.34. The average molecular weight is 202 g/mol. The Balaban J connectivity index is 2.91. The number of furan rings is 1. The summed E-state index contributed by atoms with van der Waals surface area (Å²) in [5, 5.41) is 3.66. The van der Waals surface area contributed by atoms with E-state index in [9.17, 15) is 0 Å². The quantitative estimate of drug-likeness (QED) is 0.795. The highest BCUT2D eigenvalue weighted by Crippen LogP contribution is 2.33. The van der Waals surface area contributed by atoms with Gasteiger partial charge < -0.3 is 9.73 Å². The maximum atomic E-state index is 5.72. The second-order valence-corrected chi connectivity index (χ2v) is 4.60. The van der Waals surface area contributed by atoms with E-state index < -0.39 is 0 Å². The lowest BCUT2D eigenvalue weighted by molar-refractivity contribution is 0.250. The molecule has 0 aromatic carbocycles. The molecule has 0 fully saturated rings. The first-order valence-corrected chi connectivity index (χ1v) is 4.75. The molecule has 3 heteroatoms. The molecule has 2 nitrogen and oxygen atoms in total. The molecule has 1 atom stereocenters. The number of nitrogens with one attached hydrogen (secondary N) is 1. The summed E-state index contributed by atoms with van der Waals surface area (Å²) < 4.78 is 5.37. The van der Waals surface area contributed by atoms with Crippen LogP contribution >= 0.6 is 11.6 Å². The van der Waals surface area contributed by atoms with E-state index in [4.69, 9.17) is 16.0 Å². The van der Waals surface area contributed by atoms with Gasteiger partial charge in [-0.1, -0.05) is 20.8 Å². The van der Waals surface area contributed by atoms with E-state index in [0.717, 1.165) is 5.76 Å². The minimum atomic E-state index is 0.121. The molecular formula is C10H16ClNO. The normalized spacial score (nSPS) is 14.5. The lowest BCUT2D eigenvalue weighted by Crippen LogP contribution is -2.29. The molecule has 0 amide bonds. The summed E-state index contributed by atoms with van der Waals surface area (Å²) in [6.07, 6.45) is 0. The van der Waals surface area contributed by atoms with Gasteiger partial charge in [-0.3, -0.25) is 0 Å². The Kier molecular flexibility index (Phi) is 3.04. The largest absolute Gasteiger partial charge is 0.448 e. The van der Waals surface area contributed by atoms with E-state index in [1.165, 1.54) is 0 Å². The molecule has 0 aliphatic rings. The summed E-state index contributed by atoms with van der Waals surface area (Å²) in [5.74, 6) is 0.889. The van der Waals surface area contributed by atoms with Crippen LogP contribution in [0.1, 0.15) is 32.6 Å². The van der Waals surface area contributed by atoms with Crippen LogP contribution in [-0.2, 0) is 0 Å². The zero-order valence-corrected chi connectivity index (χ0v) is 9.27.